The van der Waals surface area contributed by atoms with Crippen molar-refractivity contribution in [2.75, 3.05) is 31.2 Å². The van der Waals surface area contributed by atoms with Gasteiger partial charge in [0.15, 0.2) is 0 Å². The summed E-state index contributed by atoms with van der Waals surface area (Å²) in [5.41, 5.74) is 3.30. The van der Waals surface area contributed by atoms with Crippen molar-refractivity contribution in [2.24, 2.45) is 5.84 Å². The average molecular weight is 393 g/mol. The number of rotatable bonds is 9. The number of anilines is 1. The highest BCUT2D eigenvalue weighted by atomic mass is 32.2. The molecule has 8 nitrogen and oxygen atoms in total. The number of aryl methyl sites for hydroxylation is 1. The highest BCUT2D eigenvalue weighted by Gasteiger charge is 2.27. The fourth-order valence-electron chi connectivity index (χ4n) is 2.28. The van der Waals surface area contributed by atoms with Crippen molar-refractivity contribution in [3.8, 4) is 5.75 Å². The van der Waals surface area contributed by atoms with Crippen molar-refractivity contribution in [3.05, 3.63) is 54.1 Å². The Hall–Kier alpha value is -2.62. The molecule has 0 aromatic heterocycles. The number of nitrogens with one attached hydrogen (secondary N) is 1. The van der Waals surface area contributed by atoms with E-state index in [0.717, 1.165) is 9.87 Å². The minimum atomic E-state index is -3.98. The molecule has 2 rings (SSSR count). The first kappa shape index (κ1) is 20.7. The van der Waals surface area contributed by atoms with Crippen LogP contribution in [0.25, 0.3) is 0 Å². The van der Waals surface area contributed by atoms with E-state index in [2.05, 4.69) is 0 Å². The van der Waals surface area contributed by atoms with E-state index in [1.807, 2.05) is 12.3 Å². The summed E-state index contributed by atoms with van der Waals surface area (Å²) in [5, 5.41) is 0. The molecule has 0 atom stereocenters. The van der Waals surface area contributed by atoms with Crippen molar-refractivity contribution in [1.29, 1.82) is 0 Å². The van der Waals surface area contributed by atoms with Crippen LogP contribution in [0.1, 0.15) is 5.56 Å². The first-order valence-corrected chi connectivity index (χ1v) is 9.63. The number of carbonyl (C=O) groups excluding carboxylic acids is 1. The molecule has 0 bridgehead atoms. The normalized spacial score (nSPS) is 11.1. The Bertz CT molecular complexity index is 852. The zero-order valence-electron chi connectivity index (χ0n) is 15.2. The second kappa shape index (κ2) is 9.36. The highest BCUT2D eigenvalue weighted by molar-refractivity contribution is 7.92. The quantitative estimate of drug-likeness (QED) is 0.287. The Morgan fingerprint density at radius 3 is 2.26 bits per heavy atom. The van der Waals surface area contributed by atoms with E-state index in [9.17, 15) is 13.2 Å². The monoisotopic (exact) mass is 393 g/mol. The van der Waals surface area contributed by atoms with Crippen LogP contribution in [-0.4, -0.2) is 41.2 Å². The van der Waals surface area contributed by atoms with Gasteiger partial charge in [-0.1, -0.05) is 17.7 Å². The number of ether oxygens (including phenoxy) is 2. The number of methoxy groups -OCH3 is 1. The minimum absolute atomic E-state index is 0.0342. The molecule has 0 radical (unpaired) electrons. The number of hydrogen-bond donors (Lipinski definition) is 2. The van der Waals surface area contributed by atoms with Crippen LogP contribution in [0.15, 0.2) is 53.4 Å². The zero-order chi connectivity index (χ0) is 19.9. The predicted octanol–water partition coefficient (Wildman–Crippen LogP) is 1.21. The van der Waals surface area contributed by atoms with Crippen molar-refractivity contribution in [2.45, 2.75) is 11.8 Å². The largest absolute Gasteiger partial charge is 0.491 e. The molecule has 0 fully saturated rings. The maximum atomic E-state index is 13.1. The lowest BCUT2D eigenvalue weighted by Gasteiger charge is -2.24. The van der Waals surface area contributed by atoms with Gasteiger partial charge in [0.05, 0.1) is 17.2 Å². The lowest BCUT2D eigenvalue weighted by molar-refractivity contribution is -0.119. The molecule has 0 unspecified atom stereocenters. The van der Waals surface area contributed by atoms with Gasteiger partial charge in [-0.25, -0.2) is 14.3 Å². The van der Waals surface area contributed by atoms with Gasteiger partial charge in [0, 0.05) is 7.11 Å². The molecule has 9 heteroatoms. The smallest absolute Gasteiger partial charge is 0.264 e. The summed E-state index contributed by atoms with van der Waals surface area (Å²) in [4.78, 5) is 11.8. The summed E-state index contributed by atoms with van der Waals surface area (Å²) in [7, 11) is -2.41. The minimum Gasteiger partial charge on any atom is -0.491 e. The van der Waals surface area contributed by atoms with E-state index in [0.29, 0.717) is 24.7 Å². The Morgan fingerprint density at radius 2 is 1.70 bits per heavy atom. The Morgan fingerprint density at radius 1 is 1.07 bits per heavy atom. The van der Waals surface area contributed by atoms with Gasteiger partial charge >= 0.3 is 0 Å². The molecule has 3 N–H and O–H groups in total. The molecule has 0 aliphatic carbocycles. The molecule has 0 aliphatic rings. The van der Waals surface area contributed by atoms with E-state index in [4.69, 9.17) is 15.3 Å². The number of carbonyl (C=O) groups is 1. The SMILES string of the molecule is COCCOc1ccc(S(=O)(=O)N(CC(=O)NN)c2ccc(C)cc2)cc1. The van der Waals surface area contributed by atoms with Crippen LogP contribution >= 0.6 is 0 Å². The topological polar surface area (TPSA) is 111 Å². The number of hydrazine groups is 1. The van der Waals surface area contributed by atoms with E-state index in [1.54, 1.807) is 43.5 Å². The molecule has 27 heavy (non-hydrogen) atoms. The van der Waals surface area contributed by atoms with E-state index in [-0.39, 0.29) is 4.90 Å². The first-order chi connectivity index (χ1) is 12.9. The van der Waals surface area contributed by atoms with Crippen LogP contribution in [0.2, 0.25) is 0 Å². The zero-order valence-corrected chi connectivity index (χ0v) is 16.0. The van der Waals surface area contributed by atoms with Crippen molar-refractivity contribution >= 4 is 21.6 Å². The highest BCUT2D eigenvalue weighted by Crippen LogP contribution is 2.25. The predicted molar refractivity (Wildman–Crippen MR) is 102 cm³/mol. The van der Waals surface area contributed by atoms with Crippen LogP contribution in [0.3, 0.4) is 0 Å². The Labute approximate surface area is 158 Å². The van der Waals surface area contributed by atoms with Gasteiger partial charge in [0.1, 0.15) is 18.9 Å². The molecular formula is C18H23N3O5S. The van der Waals surface area contributed by atoms with Gasteiger partial charge in [-0.2, -0.15) is 0 Å². The van der Waals surface area contributed by atoms with Crippen LogP contribution in [0.5, 0.6) is 5.75 Å². The summed E-state index contributed by atoms with van der Waals surface area (Å²) < 4.78 is 37.5. The third-order valence-corrected chi connectivity index (χ3v) is 5.53. The van der Waals surface area contributed by atoms with Gasteiger partial charge in [-0.05, 0) is 43.3 Å². The van der Waals surface area contributed by atoms with Crippen molar-refractivity contribution < 1.29 is 22.7 Å². The van der Waals surface area contributed by atoms with Gasteiger partial charge in [-0.3, -0.25) is 14.5 Å². The van der Waals surface area contributed by atoms with Crippen molar-refractivity contribution in [3.63, 3.8) is 0 Å². The van der Waals surface area contributed by atoms with Crippen LogP contribution < -0.4 is 20.3 Å². The summed E-state index contributed by atoms with van der Waals surface area (Å²) in [6.45, 7) is 2.23. The molecular weight excluding hydrogens is 370 g/mol. The number of amides is 1. The molecule has 0 aliphatic heterocycles. The second-order valence-corrected chi connectivity index (χ2v) is 7.59. The summed E-state index contributed by atoms with van der Waals surface area (Å²) in [6, 6.07) is 12.8. The number of nitrogens with zero attached hydrogens (tertiary/aromatic N) is 1. The summed E-state index contributed by atoms with van der Waals surface area (Å²) >= 11 is 0. The van der Waals surface area contributed by atoms with Crippen molar-refractivity contribution in [1.82, 2.24) is 5.43 Å². The number of nitrogens with two attached hydrogens (primary N) is 1. The van der Waals surface area contributed by atoms with Crippen LogP contribution in [0, 0.1) is 6.92 Å². The maximum Gasteiger partial charge on any atom is 0.264 e. The Kier molecular flexibility index (Phi) is 7.17. The maximum absolute atomic E-state index is 13.1. The number of hydrogen-bond acceptors (Lipinski definition) is 6. The van der Waals surface area contributed by atoms with Crippen LogP contribution in [0.4, 0.5) is 5.69 Å². The number of sulfonamides is 1. The summed E-state index contributed by atoms with van der Waals surface area (Å²) in [5.74, 6) is 5.03. The van der Waals surface area contributed by atoms with E-state index >= 15 is 0 Å². The molecule has 0 heterocycles. The number of benzene rings is 2. The van der Waals surface area contributed by atoms with Gasteiger partial charge in [0.25, 0.3) is 15.9 Å². The molecule has 146 valence electrons. The Balaban J connectivity index is 2.32. The average Bonchev–Trinajstić information content (AvgIpc) is 2.67. The molecule has 0 spiro atoms. The molecule has 0 saturated heterocycles. The fraction of sp³-hybridized carbons (Fsp3) is 0.278. The van der Waals surface area contributed by atoms with Crippen LogP contribution in [-0.2, 0) is 19.6 Å². The molecule has 1 amide bonds. The summed E-state index contributed by atoms with van der Waals surface area (Å²) in [6.07, 6.45) is 0. The van der Waals surface area contributed by atoms with Gasteiger partial charge in [0.2, 0.25) is 0 Å². The lowest BCUT2D eigenvalue weighted by atomic mass is 10.2. The van der Waals surface area contributed by atoms with Gasteiger partial charge < -0.3 is 9.47 Å². The van der Waals surface area contributed by atoms with Gasteiger partial charge in [-0.15, -0.1) is 0 Å². The lowest BCUT2D eigenvalue weighted by Crippen LogP contribution is -2.43. The molecule has 0 saturated carbocycles. The standard InChI is InChI=1S/C18H23N3O5S/c1-14-3-5-15(6-4-14)21(13-18(22)20-19)27(23,24)17-9-7-16(8-10-17)26-12-11-25-2/h3-10H,11-13,19H2,1-2H3,(H,20,22). The first-order valence-electron chi connectivity index (χ1n) is 8.19. The van der Waals surface area contributed by atoms with E-state index in [1.165, 1.54) is 12.1 Å². The molecule has 2 aromatic carbocycles. The fourth-order valence-corrected chi connectivity index (χ4v) is 3.70. The second-order valence-electron chi connectivity index (χ2n) is 5.73. The van der Waals surface area contributed by atoms with E-state index < -0.39 is 22.5 Å². The third kappa shape index (κ3) is 5.43. The third-order valence-electron chi connectivity index (χ3n) is 3.74. The molecule has 2 aromatic rings.